The maximum atomic E-state index is 12.5. The Bertz CT molecular complexity index is 730. The number of halogens is 3. The molecule has 0 unspecified atom stereocenters. The minimum absolute atomic E-state index is 0.141. The van der Waals surface area contributed by atoms with Crippen LogP contribution in [0.15, 0.2) is 34.1 Å². The number of amides is 1. The molecule has 1 aromatic heterocycles. The molecule has 1 N–H and O–H groups in total. The number of benzene rings is 1. The van der Waals surface area contributed by atoms with Crippen molar-refractivity contribution in [1.29, 1.82) is 0 Å². The van der Waals surface area contributed by atoms with Gasteiger partial charge in [0.15, 0.2) is 0 Å². The molecule has 1 heterocycles. The van der Waals surface area contributed by atoms with Crippen molar-refractivity contribution in [2.45, 2.75) is 19.4 Å². The van der Waals surface area contributed by atoms with Gasteiger partial charge in [-0.3, -0.25) is 4.79 Å². The fraction of sp³-hybridized carbons (Fsp3) is 0.250. The van der Waals surface area contributed by atoms with Crippen LogP contribution in [0.3, 0.4) is 0 Å². The van der Waals surface area contributed by atoms with E-state index in [0.29, 0.717) is 6.42 Å². The van der Waals surface area contributed by atoms with Crippen LogP contribution in [0.25, 0.3) is 0 Å². The first kappa shape index (κ1) is 19.2. The standard InChI is InChI=1S/C16H14BrCl2NO3S/c1-2-23-16(22)12(8-9-6-7-13(17)24-9)20-15(21)14-10(18)4-3-5-11(14)19/h3-7,12H,2,8H2,1H3,(H,20,21)/t12-/m0/s1. The number of hydrogen-bond acceptors (Lipinski definition) is 4. The van der Waals surface area contributed by atoms with Gasteiger partial charge in [0.05, 0.1) is 26.0 Å². The molecule has 0 bridgehead atoms. The fourth-order valence-corrected chi connectivity index (χ4v) is 4.14. The lowest BCUT2D eigenvalue weighted by molar-refractivity contribution is -0.145. The highest BCUT2D eigenvalue weighted by atomic mass is 79.9. The van der Waals surface area contributed by atoms with E-state index in [0.717, 1.165) is 8.66 Å². The van der Waals surface area contributed by atoms with Gasteiger partial charge in [-0.15, -0.1) is 11.3 Å². The number of hydrogen-bond donors (Lipinski definition) is 1. The molecule has 8 heteroatoms. The molecular formula is C16H14BrCl2NO3S. The second kappa shape index (κ2) is 8.85. The summed E-state index contributed by atoms with van der Waals surface area (Å²) >= 11 is 17.0. The molecule has 1 atom stereocenters. The second-order valence-corrected chi connectivity index (χ2v) is 8.15. The summed E-state index contributed by atoms with van der Waals surface area (Å²) in [5.74, 6) is -1.02. The summed E-state index contributed by atoms with van der Waals surface area (Å²) < 4.78 is 6.00. The van der Waals surface area contributed by atoms with Crippen LogP contribution >= 0.6 is 50.5 Å². The topological polar surface area (TPSA) is 55.4 Å². The number of nitrogens with one attached hydrogen (secondary N) is 1. The number of carbonyl (C=O) groups excluding carboxylic acids is 2. The molecule has 2 aromatic rings. The van der Waals surface area contributed by atoms with Crippen molar-refractivity contribution >= 4 is 62.3 Å². The third kappa shape index (κ3) is 4.96. The van der Waals surface area contributed by atoms with E-state index in [9.17, 15) is 9.59 Å². The molecule has 24 heavy (non-hydrogen) atoms. The quantitative estimate of drug-likeness (QED) is 0.647. The van der Waals surface area contributed by atoms with Gasteiger partial charge in [0.2, 0.25) is 0 Å². The molecule has 4 nitrogen and oxygen atoms in total. The molecule has 0 aliphatic heterocycles. The first-order valence-electron chi connectivity index (χ1n) is 7.08. The Morgan fingerprint density at radius 3 is 2.46 bits per heavy atom. The van der Waals surface area contributed by atoms with Crippen LogP contribution in [0.1, 0.15) is 22.2 Å². The van der Waals surface area contributed by atoms with Gasteiger partial charge in [0.25, 0.3) is 5.91 Å². The third-order valence-electron chi connectivity index (χ3n) is 3.10. The molecular weight excluding hydrogens is 437 g/mol. The summed E-state index contributed by atoms with van der Waals surface area (Å²) in [6, 6.07) is 7.73. The van der Waals surface area contributed by atoms with Crippen molar-refractivity contribution in [1.82, 2.24) is 5.32 Å². The smallest absolute Gasteiger partial charge is 0.329 e. The van der Waals surface area contributed by atoms with Gasteiger partial charge in [0, 0.05) is 11.3 Å². The average molecular weight is 451 g/mol. The van der Waals surface area contributed by atoms with Gasteiger partial charge in [-0.1, -0.05) is 29.3 Å². The molecule has 2 rings (SSSR count). The third-order valence-corrected chi connectivity index (χ3v) is 5.38. The SMILES string of the molecule is CCOC(=O)[C@H](Cc1ccc(Br)s1)NC(=O)c1c(Cl)cccc1Cl. The number of thiophene rings is 1. The van der Waals surface area contributed by atoms with Gasteiger partial charge in [-0.25, -0.2) is 4.79 Å². The average Bonchev–Trinajstić information content (AvgIpc) is 2.92. The van der Waals surface area contributed by atoms with Gasteiger partial charge < -0.3 is 10.1 Å². The Kier molecular flexibility index (Phi) is 7.10. The summed E-state index contributed by atoms with van der Waals surface area (Å²) in [5.41, 5.74) is 0.141. The van der Waals surface area contributed by atoms with Crippen LogP contribution in [0, 0.1) is 0 Å². The Hall–Kier alpha value is -1.08. The van der Waals surface area contributed by atoms with Crippen molar-refractivity contribution in [2.75, 3.05) is 6.61 Å². The monoisotopic (exact) mass is 449 g/mol. The van der Waals surface area contributed by atoms with Gasteiger partial charge in [-0.2, -0.15) is 0 Å². The lowest BCUT2D eigenvalue weighted by atomic mass is 10.1. The minimum Gasteiger partial charge on any atom is -0.464 e. The van der Waals surface area contributed by atoms with Crippen LogP contribution in [-0.4, -0.2) is 24.5 Å². The molecule has 0 aliphatic carbocycles. The number of ether oxygens (including phenoxy) is 1. The summed E-state index contributed by atoms with van der Waals surface area (Å²) in [7, 11) is 0. The predicted molar refractivity (Wildman–Crippen MR) is 100 cm³/mol. The highest BCUT2D eigenvalue weighted by molar-refractivity contribution is 9.11. The van der Waals surface area contributed by atoms with Crippen molar-refractivity contribution in [2.24, 2.45) is 0 Å². The zero-order chi connectivity index (χ0) is 17.7. The highest BCUT2D eigenvalue weighted by Gasteiger charge is 2.25. The van der Waals surface area contributed by atoms with Crippen LogP contribution < -0.4 is 5.32 Å². The van der Waals surface area contributed by atoms with E-state index in [1.54, 1.807) is 25.1 Å². The number of rotatable bonds is 6. The number of esters is 1. The van der Waals surface area contributed by atoms with E-state index in [-0.39, 0.29) is 22.2 Å². The maximum Gasteiger partial charge on any atom is 0.329 e. The molecule has 0 radical (unpaired) electrons. The van der Waals surface area contributed by atoms with Crippen molar-refractivity contribution < 1.29 is 14.3 Å². The van der Waals surface area contributed by atoms with Crippen molar-refractivity contribution in [3.05, 3.63) is 54.6 Å². The predicted octanol–water partition coefficient (Wildman–Crippen LogP) is 4.72. The Morgan fingerprint density at radius 2 is 1.92 bits per heavy atom. The van der Waals surface area contributed by atoms with Gasteiger partial charge in [0.1, 0.15) is 6.04 Å². The van der Waals surface area contributed by atoms with E-state index >= 15 is 0 Å². The molecule has 1 aromatic carbocycles. The molecule has 0 aliphatic rings. The molecule has 128 valence electrons. The first-order valence-corrected chi connectivity index (χ1v) is 9.44. The molecule has 0 fully saturated rings. The van der Waals surface area contributed by atoms with E-state index in [2.05, 4.69) is 21.2 Å². The molecule has 0 saturated carbocycles. The highest BCUT2D eigenvalue weighted by Crippen LogP contribution is 2.25. The molecule has 0 saturated heterocycles. The second-order valence-electron chi connectivity index (χ2n) is 4.78. The van der Waals surface area contributed by atoms with Crippen molar-refractivity contribution in [3.8, 4) is 0 Å². The Morgan fingerprint density at radius 1 is 1.25 bits per heavy atom. The zero-order valence-corrected chi connectivity index (χ0v) is 16.6. The van der Waals surface area contributed by atoms with Crippen molar-refractivity contribution in [3.63, 3.8) is 0 Å². The summed E-state index contributed by atoms with van der Waals surface area (Å²) in [6.07, 6.45) is 0.322. The zero-order valence-electron chi connectivity index (χ0n) is 12.6. The summed E-state index contributed by atoms with van der Waals surface area (Å²) in [5, 5.41) is 3.11. The summed E-state index contributed by atoms with van der Waals surface area (Å²) in [6.45, 7) is 1.94. The molecule has 1 amide bonds. The van der Waals surface area contributed by atoms with E-state index in [1.807, 2.05) is 12.1 Å². The first-order chi connectivity index (χ1) is 11.4. The molecule has 0 spiro atoms. The largest absolute Gasteiger partial charge is 0.464 e. The van der Waals surface area contributed by atoms with Gasteiger partial charge in [-0.05, 0) is 47.1 Å². The van der Waals surface area contributed by atoms with Crippen LogP contribution in [0.4, 0.5) is 0 Å². The Labute approximate surface area is 162 Å². The van der Waals surface area contributed by atoms with Gasteiger partial charge >= 0.3 is 5.97 Å². The number of carbonyl (C=O) groups is 2. The van der Waals surface area contributed by atoms with E-state index < -0.39 is 17.9 Å². The van der Waals surface area contributed by atoms with E-state index in [4.69, 9.17) is 27.9 Å². The van der Waals surface area contributed by atoms with E-state index in [1.165, 1.54) is 11.3 Å². The van der Waals surface area contributed by atoms with Crippen LogP contribution in [0.5, 0.6) is 0 Å². The van der Waals surface area contributed by atoms with Crippen LogP contribution in [-0.2, 0) is 16.0 Å². The fourth-order valence-electron chi connectivity index (χ4n) is 2.04. The lowest BCUT2D eigenvalue weighted by Gasteiger charge is -2.17. The minimum atomic E-state index is -0.824. The Balaban J connectivity index is 2.21. The van der Waals surface area contributed by atoms with Crippen LogP contribution in [0.2, 0.25) is 10.0 Å². The maximum absolute atomic E-state index is 12.5. The lowest BCUT2D eigenvalue weighted by Crippen LogP contribution is -2.43. The normalized spacial score (nSPS) is 11.8. The summed E-state index contributed by atoms with van der Waals surface area (Å²) in [4.78, 5) is 25.6.